The molecule has 0 bridgehead atoms. The molecule has 0 amide bonds. The van der Waals surface area contributed by atoms with Crippen LogP contribution in [0.1, 0.15) is 111 Å². The Labute approximate surface area is 405 Å². The third-order valence-electron chi connectivity index (χ3n) is 14.1. The van der Waals surface area contributed by atoms with Gasteiger partial charge in [-0.3, -0.25) is 0 Å². The molecule has 350 valence electrons. The number of rotatable bonds is 16. The Morgan fingerprint density at radius 3 is 0.926 bits per heavy atom. The summed E-state index contributed by atoms with van der Waals surface area (Å²) >= 11 is 0. The molecular formula is C62H68N2O4. The summed E-state index contributed by atoms with van der Waals surface area (Å²) in [6, 6.07) is 62.5. The molecule has 68 heavy (non-hydrogen) atoms. The van der Waals surface area contributed by atoms with Gasteiger partial charge in [-0.05, 0) is 159 Å². The predicted molar refractivity (Wildman–Crippen MR) is 279 cm³/mol. The lowest BCUT2D eigenvalue weighted by Gasteiger charge is -2.31. The van der Waals surface area contributed by atoms with E-state index >= 15 is 0 Å². The van der Waals surface area contributed by atoms with E-state index in [0.29, 0.717) is 13.2 Å². The average molecular weight is 905 g/mol. The van der Waals surface area contributed by atoms with Gasteiger partial charge in [-0.15, -0.1) is 0 Å². The fourth-order valence-corrected chi connectivity index (χ4v) is 9.52. The van der Waals surface area contributed by atoms with Crippen LogP contribution >= 0.6 is 0 Å². The predicted octanol–water partition coefficient (Wildman–Crippen LogP) is 16.0. The number of hydrogen-bond acceptors (Lipinski definition) is 6. The van der Waals surface area contributed by atoms with E-state index in [4.69, 9.17) is 18.9 Å². The first kappa shape index (κ1) is 47.1. The number of nitrogens with zero attached hydrogens (tertiary/aromatic N) is 2. The quantitative estimate of drug-likeness (QED) is 0.0963. The van der Waals surface area contributed by atoms with Gasteiger partial charge in [0.05, 0.1) is 13.2 Å². The van der Waals surface area contributed by atoms with Gasteiger partial charge in [-0.1, -0.05) is 136 Å². The van der Waals surface area contributed by atoms with Crippen LogP contribution in [0.2, 0.25) is 0 Å². The molecule has 0 N–H and O–H groups in total. The summed E-state index contributed by atoms with van der Waals surface area (Å²) in [6.45, 7) is 16.2. The first-order valence-electron chi connectivity index (χ1n) is 24.7. The molecule has 2 atom stereocenters. The molecule has 2 aliphatic heterocycles. The van der Waals surface area contributed by atoms with Crippen LogP contribution < -0.4 is 9.80 Å². The van der Waals surface area contributed by atoms with Crippen LogP contribution in [-0.4, -0.2) is 25.8 Å². The monoisotopic (exact) mass is 905 g/mol. The van der Waals surface area contributed by atoms with Crippen LogP contribution in [0.5, 0.6) is 0 Å². The van der Waals surface area contributed by atoms with E-state index in [2.05, 4.69) is 221 Å². The second-order valence-corrected chi connectivity index (χ2v) is 19.8. The second kappa shape index (κ2) is 21.1. The van der Waals surface area contributed by atoms with Gasteiger partial charge in [-0.2, -0.15) is 0 Å². The SMILES string of the molecule is Cc1ccc(N(c2ccc(C)cc2)c2ccc(C(C)(C)c3ccc(C(C)(C)c4ccc(N(c5ccc(COC6CCCCO6)cc5)c5ccc(COC6CCCCO6)cc5)cc4)cc3)cc2)cc1. The van der Waals surface area contributed by atoms with Gasteiger partial charge in [0.1, 0.15) is 0 Å². The summed E-state index contributed by atoms with van der Waals surface area (Å²) in [5.41, 5.74) is 16.1. The first-order chi connectivity index (χ1) is 33.0. The molecule has 0 aliphatic carbocycles. The number of ether oxygens (including phenoxy) is 4. The lowest BCUT2D eigenvalue weighted by molar-refractivity contribution is -0.169. The zero-order valence-corrected chi connectivity index (χ0v) is 40.9. The Bertz CT molecular complexity index is 2550. The van der Waals surface area contributed by atoms with Crippen LogP contribution in [0, 0.1) is 13.8 Å². The molecule has 9 rings (SSSR count). The Morgan fingerprint density at radius 1 is 0.382 bits per heavy atom. The molecule has 6 nitrogen and oxygen atoms in total. The third-order valence-corrected chi connectivity index (χ3v) is 14.1. The highest BCUT2D eigenvalue weighted by Gasteiger charge is 2.28. The van der Waals surface area contributed by atoms with Crippen molar-refractivity contribution in [2.24, 2.45) is 0 Å². The summed E-state index contributed by atoms with van der Waals surface area (Å²) in [6.07, 6.45) is 6.21. The fourth-order valence-electron chi connectivity index (χ4n) is 9.52. The van der Waals surface area contributed by atoms with Gasteiger partial charge in [-0.25, -0.2) is 0 Å². The highest BCUT2D eigenvalue weighted by atomic mass is 16.7. The van der Waals surface area contributed by atoms with E-state index in [1.54, 1.807) is 0 Å². The minimum atomic E-state index is -0.226. The minimum absolute atomic E-state index is 0.115. The molecular weight excluding hydrogens is 837 g/mol. The van der Waals surface area contributed by atoms with Gasteiger partial charge < -0.3 is 28.7 Å². The molecule has 2 aliphatic rings. The minimum Gasteiger partial charge on any atom is -0.353 e. The lowest BCUT2D eigenvalue weighted by Crippen LogP contribution is -2.22. The third kappa shape index (κ3) is 11.0. The Morgan fingerprint density at radius 2 is 0.647 bits per heavy atom. The fraction of sp³-hybridized carbons (Fsp3) is 0.323. The molecule has 2 heterocycles. The van der Waals surface area contributed by atoms with Crippen molar-refractivity contribution in [3.63, 3.8) is 0 Å². The van der Waals surface area contributed by atoms with Crippen molar-refractivity contribution >= 4 is 34.1 Å². The molecule has 7 aromatic rings. The average Bonchev–Trinajstić information content (AvgIpc) is 3.38. The number of anilines is 6. The van der Waals surface area contributed by atoms with Gasteiger partial charge >= 0.3 is 0 Å². The number of aryl methyl sites for hydroxylation is 2. The molecule has 0 saturated carbocycles. The highest BCUT2D eigenvalue weighted by Crippen LogP contribution is 2.41. The number of hydrogen-bond donors (Lipinski definition) is 0. The zero-order chi connectivity index (χ0) is 47.1. The second-order valence-electron chi connectivity index (χ2n) is 19.8. The Balaban J connectivity index is 0.924. The van der Waals surface area contributed by atoms with Crippen molar-refractivity contribution < 1.29 is 18.9 Å². The maximum Gasteiger partial charge on any atom is 0.158 e. The smallest absolute Gasteiger partial charge is 0.158 e. The van der Waals surface area contributed by atoms with Gasteiger partial charge in [0, 0.05) is 58.2 Å². The normalized spacial score (nSPS) is 16.6. The van der Waals surface area contributed by atoms with E-state index < -0.39 is 0 Å². The molecule has 2 unspecified atom stereocenters. The van der Waals surface area contributed by atoms with Crippen molar-refractivity contribution in [1.82, 2.24) is 0 Å². The first-order valence-corrected chi connectivity index (χ1v) is 24.7. The summed E-state index contributed by atoms with van der Waals surface area (Å²) in [4.78, 5) is 4.66. The van der Waals surface area contributed by atoms with E-state index in [0.717, 1.165) is 97.0 Å². The van der Waals surface area contributed by atoms with E-state index in [1.807, 2.05) is 0 Å². The molecule has 2 fully saturated rings. The molecule has 2 saturated heterocycles. The van der Waals surface area contributed by atoms with Crippen LogP contribution in [0.15, 0.2) is 170 Å². The summed E-state index contributed by atoms with van der Waals surface area (Å²) in [7, 11) is 0. The van der Waals surface area contributed by atoms with Crippen LogP contribution in [0.25, 0.3) is 0 Å². The summed E-state index contributed by atoms with van der Waals surface area (Å²) < 4.78 is 23.9. The standard InChI is InChI=1S/C62H68N2O4/c1-45-13-29-53(30-14-45)63(54-31-15-46(2)16-32-54)57-37-25-51(26-38-57)61(3,4)49-21-23-50(24-22-49)62(5,6)52-27-39-58(40-28-52)64(55-33-17-47(18-34-55)43-67-59-11-7-9-41-65-59)56-35-19-48(20-36-56)44-68-60-12-8-10-42-66-60/h13-40,59-60H,7-12,41-44H2,1-6H3. The van der Waals surface area contributed by atoms with Crippen molar-refractivity contribution in [2.45, 2.75) is 117 Å². The van der Waals surface area contributed by atoms with E-state index in [1.165, 1.54) is 33.4 Å². The topological polar surface area (TPSA) is 43.4 Å². The van der Waals surface area contributed by atoms with Crippen molar-refractivity contribution in [3.05, 3.63) is 214 Å². The van der Waals surface area contributed by atoms with Gasteiger partial charge in [0.25, 0.3) is 0 Å². The van der Waals surface area contributed by atoms with E-state index in [9.17, 15) is 0 Å². The van der Waals surface area contributed by atoms with Crippen molar-refractivity contribution in [1.29, 1.82) is 0 Å². The van der Waals surface area contributed by atoms with Crippen LogP contribution in [0.4, 0.5) is 34.1 Å². The summed E-state index contributed by atoms with van der Waals surface area (Å²) in [5, 5.41) is 0. The lowest BCUT2D eigenvalue weighted by atomic mass is 9.74. The Kier molecular flexibility index (Phi) is 14.6. The van der Waals surface area contributed by atoms with Crippen LogP contribution in [0.3, 0.4) is 0 Å². The summed E-state index contributed by atoms with van der Waals surface area (Å²) in [5.74, 6) is 0. The zero-order valence-electron chi connectivity index (χ0n) is 40.9. The largest absolute Gasteiger partial charge is 0.353 e. The van der Waals surface area contributed by atoms with Crippen molar-refractivity contribution in [2.75, 3.05) is 23.0 Å². The maximum absolute atomic E-state index is 6.13. The molecule has 6 heteroatoms. The Hall–Kier alpha value is -6.02. The van der Waals surface area contributed by atoms with E-state index in [-0.39, 0.29) is 23.4 Å². The molecule has 7 aromatic carbocycles. The van der Waals surface area contributed by atoms with Gasteiger partial charge in [0.2, 0.25) is 0 Å². The molecule has 0 spiro atoms. The van der Waals surface area contributed by atoms with Gasteiger partial charge in [0.15, 0.2) is 12.6 Å². The number of benzene rings is 7. The maximum atomic E-state index is 6.13. The molecule has 0 radical (unpaired) electrons. The van der Waals surface area contributed by atoms with Crippen LogP contribution in [-0.2, 0) is 43.0 Å². The molecule has 0 aromatic heterocycles. The van der Waals surface area contributed by atoms with Crippen molar-refractivity contribution in [3.8, 4) is 0 Å². The highest BCUT2D eigenvalue weighted by molar-refractivity contribution is 5.78.